The Kier molecular flexibility index (Phi) is 4.43. The van der Waals surface area contributed by atoms with Crippen LogP contribution in [0.4, 0.5) is 0 Å². The predicted molar refractivity (Wildman–Crippen MR) is 90.5 cm³/mol. The number of aromatic nitrogens is 2. The fourth-order valence-electron chi connectivity index (χ4n) is 2.30. The van der Waals surface area contributed by atoms with E-state index in [1.54, 1.807) is 41.8 Å². The van der Waals surface area contributed by atoms with Crippen molar-refractivity contribution in [3.63, 3.8) is 0 Å². The number of nitrogens with one attached hydrogen (secondary N) is 1. The van der Waals surface area contributed by atoms with Crippen LogP contribution in [0.3, 0.4) is 0 Å². The minimum absolute atomic E-state index is 0.404. The average Bonchev–Trinajstić information content (AvgIpc) is 3.22. The van der Waals surface area contributed by atoms with Gasteiger partial charge in [-0.15, -0.1) is 0 Å². The lowest BCUT2D eigenvalue weighted by Crippen LogP contribution is -2.33. The molecule has 2 heterocycles. The summed E-state index contributed by atoms with van der Waals surface area (Å²) < 4.78 is 1.81. The molecule has 2 N–H and O–H groups in total. The maximum Gasteiger partial charge on any atom is 0.330 e. The van der Waals surface area contributed by atoms with E-state index in [0.29, 0.717) is 21.3 Å². The van der Waals surface area contributed by atoms with Crippen molar-refractivity contribution in [3.05, 3.63) is 71.0 Å². The van der Waals surface area contributed by atoms with E-state index in [0.717, 1.165) is 0 Å². The number of carboxylic acids is 1. The lowest BCUT2D eigenvalue weighted by Gasteiger charge is -2.14. The molecule has 122 valence electrons. The van der Waals surface area contributed by atoms with Crippen LogP contribution in [0.15, 0.2) is 54.9 Å². The zero-order chi connectivity index (χ0) is 17.1. The van der Waals surface area contributed by atoms with Crippen LogP contribution < -0.4 is 5.32 Å². The van der Waals surface area contributed by atoms with Gasteiger partial charge in [0.2, 0.25) is 0 Å². The summed E-state index contributed by atoms with van der Waals surface area (Å²) in [5.74, 6) is -1.55. The summed E-state index contributed by atoms with van der Waals surface area (Å²) in [6, 6.07) is 11.2. The largest absolute Gasteiger partial charge is 0.479 e. The third-order valence-corrected chi connectivity index (χ3v) is 4.64. The van der Waals surface area contributed by atoms with Crippen LogP contribution >= 0.6 is 11.3 Å². The van der Waals surface area contributed by atoms with Gasteiger partial charge in [0.25, 0.3) is 5.91 Å². The molecule has 3 aromatic rings. The first-order valence-electron chi connectivity index (χ1n) is 7.25. The van der Waals surface area contributed by atoms with Gasteiger partial charge in [-0.25, -0.2) is 9.78 Å². The number of carboxylic acid groups (broad SMARTS) is 1. The molecule has 1 amide bonds. The van der Waals surface area contributed by atoms with Crippen molar-refractivity contribution < 1.29 is 14.7 Å². The Bertz CT molecular complexity index is 857. The second-order valence-corrected chi connectivity index (χ2v) is 6.13. The molecule has 0 spiro atoms. The second kappa shape index (κ2) is 6.67. The Morgan fingerprint density at radius 1 is 1.17 bits per heavy atom. The number of aliphatic carboxylic acids is 1. The molecule has 0 fully saturated rings. The summed E-state index contributed by atoms with van der Waals surface area (Å²) in [6.45, 7) is 1.73. The van der Waals surface area contributed by atoms with Crippen LogP contribution in [0, 0.1) is 6.92 Å². The third-order valence-electron chi connectivity index (χ3n) is 3.47. The van der Waals surface area contributed by atoms with Crippen molar-refractivity contribution in [2.45, 2.75) is 13.0 Å². The Morgan fingerprint density at radius 3 is 2.46 bits per heavy atom. The molecule has 3 rings (SSSR count). The number of carbonyl (C=O) groups excluding carboxylic acids is 1. The zero-order valence-corrected chi connectivity index (χ0v) is 13.7. The molecule has 0 saturated heterocycles. The minimum atomic E-state index is -1.11. The fraction of sp³-hybridized carbons (Fsp3) is 0.118. The van der Waals surface area contributed by atoms with E-state index in [1.807, 2.05) is 24.5 Å². The average molecular weight is 341 g/mol. The molecule has 6 nitrogen and oxygen atoms in total. The first-order valence-corrected chi connectivity index (χ1v) is 8.07. The fourth-order valence-corrected chi connectivity index (χ4v) is 3.23. The van der Waals surface area contributed by atoms with Crippen LogP contribution in [0.1, 0.15) is 27.0 Å². The lowest BCUT2D eigenvalue weighted by molar-refractivity contribution is -0.139. The molecule has 1 aromatic carbocycles. The molecule has 0 aliphatic heterocycles. The number of amides is 1. The molecule has 24 heavy (non-hydrogen) atoms. The van der Waals surface area contributed by atoms with Crippen molar-refractivity contribution in [2.75, 3.05) is 0 Å². The maximum absolute atomic E-state index is 12.5. The number of benzene rings is 1. The maximum atomic E-state index is 12.5. The standard InChI is InChI=1S/C17H15N3O3S/c1-11-14(24-17(18-11)20-9-5-6-10-20)15(21)19-13(16(22)23)12-7-3-2-4-8-12/h2-10,13H,1H3,(H,19,21)(H,22,23)/t13-/m0/s1. The van der Waals surface area contributed by atoms with E-state index in [9.17, 15) is 14.7 Å². The Morgan fingerprint density at radius 2 is 1.83 bits per heavy atom. The van der Waals surface area contributed by atoms with Gasteiger partial charge >= 0.3 is 5.97 Å². The molecule has 0 unspecified atom stereocenters. The Hall–Kier alpha value is -2.93. The number of thiazole rings is 1. The van der Waals surface area contributed by atoms with Crippen molar-refractivity contribution >= 4 is 23.2 Å². The van der Waals surface area contributed by atoms with Gasteiger partial charge in [0.05, 0.1) is 5.69 Å². The smallest absolute Gasteiger partial charge is 0.330 e. The molecule has 7 heteroatoms. The van der Waals surface area contributed by atoms with Crippen LogP contribution in [0.5, 0.6) is 0 Å². The van der Waals surface area contributed by atoms with E-state index in [1.165, 1.54) is 11.3 Å². The van der Waals surface area contributed by atoms with Gasteiger partial charge in [-0.3, -0.25) is 4.79 Å². The molecule has 2 aromatic heterocycles. The second-order valence-electron chi connectivity index (χ2n) is 5.16. The normalized spacial score (nSPS) is 11.9. The van der Waals surface area contributed by atoms with E-state index in [2.05, 4.69) is 10.3 Å². The van der Waals surface area contributed by atoms with Crippen LogP contribution in [-0.4, -0.2) is 26.5 Å². The molecule has 0 aliphatic rings. The third kappa shape index (κ3) is 3.21. The summed E-state index contributed by atoms with van der Waals surface area (Å²) in [7, 11) is 0. The monoisotopic (exact) mass is 341 g/mol. The molecular formula is C17H15N3O3S. The summed E-state index contributed by atoms with van der Waals surface area (Å²) in [6.07, 6.45) is 3.67. The van der Waals surface area contributed by atoms with Gasteiger partial charge in [0, 0.05) is 12.4 Å². The van der Waals surface area contributed by atoms with Crippen molar-refractivity contribution in [1.29, 1.82) is 0 Å². The van der Waals surface area contributed by atoms with E-state index in [4.69, 9.17) is 0 Å². The van der Waals surface area contributed by atoms with Crippen LogP contribution in [0.2, 0.25) is 0 Å². The number of hydrogen-bond donors (Lipinski definition) is 2. The Balaban J connectivity index is 1.85. The summed E-state index contributed by atoms with van der Waals surface area (Å²) >= 11 is 1.22. The summed E-state index contributed by atoms with van der Waals surface area (Å²) in [5.41, 5.74) is 1.09. The van der Waals surface area contributed by atoms with Crippen LogP contribution in [-0.2, 0) is 4.79 Å². The first kappa shape index (κ1) is 15.9. The molecule has 0 radical (unpaired) electrons. The van der Waals surface area contributed by atoms with Gasteiger partial charge in [-0.2, -0.15) is 0 Å². The van der Waals surface area contributed by atoms with Crippen molar-refractivity contribution in [1.82, 2.24) is 14.9 Å². The van der Waals surface area contributed by atoms with Gasteiger partial charge in [0.1, 0.15) is 4.88 Å². The van der Waals surface area contributed by atoms with Crippen molar-refractivity contribution in [2.24, 2.45) is 0 Å². The van der Waals surface area contributed by atoms with E-state index >= 15 is 0 Å². The zero-order valence-electron chi connectivity index (χ0n) is 12.8. The van der Waals surface area contributed by atoms with E-state index in [-0.39, 0.29) is 0 Å². The molecule has 1 atom stereocenters. The molecular weight excluding hydrogens is 326 g/mol. The van der Waals surface area contributed by atoms with Gasteiger partial charge in [0.15, 0.2) is 11.2 Å². The van der Waals surface area contributed by atoms with Gasteiger partial charge < -0.3 is 15.0 Å². The molecule has 0 saturated carbocycles. The van der Waals surface area contributed by atoms with E-state index < -0.39 is 17.9 Å². The van der Waals surface area contributed by atoms with Gasteiger partial charge in [-0.1, -0.05) is 41.7 Å². The van der Waals surface area contributed by atoms with Gasteiger partial charge in [-0.05, 0) is 24.6 Å². The number of carbonyl (C=O) groups is 2. The highest BCUT2D eigenvalue weighted by Gasteiger charge is 2.25. The first-order chi connectivity index (χ1) is 11.6. The number of nitrogens with zero attached hydrogens (tertiary/aromatic N) is 2. The number of rotatable bonds is 5. The minimum Gasteiger partial charge on any atom is -0.479 e. The highest BCUT2D eigenvalue weighted by atomic mass is 32.1. The quantitative estimate of drug-likeness (QED) is 0.747. The highest BCUT2D eigenvalue weighted by Crippen LogP contribution is 2.23. The predicted octanol–water partition coefficient (Wildman–Crippen LogP) is 2.80. The Labute approximate surface area is 142 Å². The SMILES string of the molecule is Cc1nc(-n2cccc2)sc1C(=O)N[C@H](C(=O)O)c1ccccc1. The summed E-state index contributed by atoms with van der Waals surface area (Å²) in [5, 5.41) is 12.6. The lowest BCUT2D eigenvalue weighted by atomic mass is 10.1. The number of hydrogen-bond acceptors (Lipinski definition) is 4. The molecule has 0 bridgehead atoms. The molecule has 0 aliphatic carbocycles. The van der Waals surface area contributed by atoms with Crippen molar-refractivity contribution in [3.8, 4) is 5.13 Å². The number of aryl methyl sites for hydroxylation is 1. The summed E-state index contributed by atoms with van der Waals surface area (Å²) in [4.78, 5) is 28.8. The highest BCUT2D eigenvalue weighted by molar-refractivity contribution is 7.16. The topological polar surface area (TPSA) is 84.2 Å². The van der Waals surface area contributed by atoms with Crippen LogP contribution in [0.25, 0.3) is 5.13 Å².